The van der Waals surface area contributed by atoms with Crippen molar-refractivity contribution in [3.05, 3.63) is 34.4 Å². The van der Waals surface area contributed by atoms with Gasteiger partial charge in [0.1, 0.15) is 0 Å². The summed E-state index contributed by atoms with van der Waals surface area (Å²) >= 11 is 0. The van der Waals surface area contributed by atoms with Gasteiger partial charge in [-0.1, -0.05) is 17.7 Å². The van der Waals surface area contributed by atoms with E-state index < -0.39 is 0 Å². The Morgan fingerprint density at radius 3 is 2.56 bits per heavy atom. The molecule has 1 aliphatic rings. The van der Waals surface area contributed by atoms with Gasteiger partial charge in [0.25, 0.3) is 0 Å². The van der Waals surface area contributed by atoms with Gasteiger partial charge in [-0.3, -0.25) is 0 Å². The van der Waals surface area contributed by atoms with Crippen LogP contribution in [0.15, 0.2) is 12.1 Å². The molecule has 0 spiro atoms. The van der Waals surface area contributed by atoms with E-state index in [9.17, 15) is 0 Å². The topological polar surface area (TPSA) is 24.1 Å². The Labute approximate surface area is 111 Å². The van der Waals surface area contributed by atoms with Crippen molar-refractivity contribution in [2.75, 3.05) is 19.6 Å². The van der Waals surface area contributed by atoms with E-state index in [1.807, 2.05) is 0 Å². The van der Waals surface area contributed by atoms with Crippen LogP contribution in [0, 0.1) is 20.8 Å². The zero-order valence-corrected chi connectivity index (χ0v) is 12.0. The summed E-state index contributed by atoms with van der Waals surface area (Å²) in [6.45, 7) is 10.1. The van der Waals surface area contributed by atoms with Crippen LogP contribution < -0.4 is 10.6 Å². The number of piperidine rings is 1. The summed E-state index contributed by atoms with van der Waals surface area (Å²) in [5.41, 5.74) is 5.78. The predicted molar refractivity (Wildman–Crippen MR) is 78.3 cm³/mol. The number of aryl methyl sites for hydroxylation is 3. The second kappa shape index (κ2) is 6.35. The van der Waals surface area contributed by atoms with E-state index in [0.717, 1.165) is 19.5 Å². The fourth-order valence-electron chi connectivity index (χ4n) is 3.03. The average Bonchev–Trinajstić information content (AvgIpc) is 2.34. The Bertz CT molecular complexity index is 369. The summed E-state index contributed by atoms with van der Waals surface area (Å²) in [6.07, 6.45) is 3.77. The van der Waals surface area contributed by atoms with Crippen LogP contribution in [0.2, 0.25) is 0 Å². The quantitative estimate of drug-likeness (QED) is 0.853. The summed E-state index contributed by atoms with van der Waals surface area (Å²) in [4.78, 5) is 0. The lowest BCUT2D eigenvalue weighted by Crippen LogP contribution is -2.43. The highest BCUT2D eigenvalue weighted by Crippen LogP contribution is 2.16. The Kier molecular flexibility index (Phi) is 4.79. The highest BCUT2D eigenvalue weighted by Gasteiger charge is 2.12. The molecule has 1 heterocycles. The number of hydrogen-bond acceptors (Lipinski definition) is 2. The molecule has 2 nitrogen and oxygen atoms in total. The SMILES string of the molecule is Cc1cc(C)c(CCNC2CCCNC2)c(C)c1. The maximum absolute atomic E-state index is 3.68. The summed E-state index contributed by atoms with van der Waals surface area (Å²) in [5, 5.41) is 7.13. The standard InChI is InChI=1S/C16H26N2/c1-12-9-13(2)16(14(3)10-12)6-8-18-15-5-4-7-17-11-15/h9-10,15,17-18H,4-8,11H2,1-3H3. The van der Waals surface area contributed by atoms with Gasteiger partial charge in [-0.15, -0.1) is 0 Å². The molecule has 1 aromatic rings. The van der Waals surface area contributed by atoms with E-state index in [1.54, 1.807) is 0 Å². The predicted octanol–water partition coefficient (Wildman–Crippen LogP) is 2.50. The van der Waals surface area contributed by atoms with Crippen molar-refractivity contribution in [2.24, 2.45) is 0 Å². The lowest BCUT2D eigenvalue weighted by atomic mass is 9.97. The number of benzene rings is 1. The summed E-state index contributed by atoms with van der Waals surface area (Å²) in [5.74, 6) is 0. The zero-order valence-electron chi connectivity index (χ0n) is 12.0. The molecule has 0 radical (unpaired) electrons. The van der Waals surface area contributed by atoms with E-state index in [0.29, 0.717) is 6.04 Å². The molecule has 1 atom stereocenters. The van der Waals surface area contributed by atoms with Crippen LogP contribution in [0.3, 0.4) is 0 Å². The molecule has 0 aromatic heterocycles. The zero-order chi connectivity index (χ0) is 13.0. The fraction of sp³-hybridized carbons (Fsp3) is 0.625. The van der Waals surface area contributed by atoms with Crippen LogP contribution in [0.1, 0.15) is 35.1 Å². The molecule has 18 heavy (non-hydrogen) atoms. The Morgan fingerprint density at radius 2 is 1.94 bits per heavy atom. The lowest BCUT2D eigenvalue weighted by molar-refractivity contribution is 0.392. The minimum atomic E-state index is 0.671. The van der Waals surface area contributed by atoms with Crippen LogP contribution in [-0.2, 0) is 6.42 Å². The molecule has 1 saturated heterocycles. The average molecular weight is 246 g/mol. The molecule has 1 aromatic carbocycles. The van der Waals surface area contributed by atoms with E-state index in [2.05, 4.69) is 43.5 Å². The maximum atomic E-state index is 3.68. The monoisotopic (exact) mass is 246 g/mol. The van der Waals surface area contributed by atoms with Gasteiger partial charge < -0.3 is 10.6 Å². The Hall–Kier alpha value is -0.860. The van der Waals surface area contributed by atoms with Crippen LogP contribution in [-0.4, -0.2) is 25.7 Å². The molecular formula is C16H26N2. The van der Waals surface area contributed by atoms with E-state index >= 15 is 0 Å². The van der Waals surface area contributed by atoms with Crippen LogP contribution >= 0.6 is 0 Å². The van der Waals surface area contributed by atoms with E-state index in [-0.39, 0.29) is 0 Å². The van der Waals surface area contributed by atoms with Crippen molar-refractivity contribution in [3.63, 3.8) is 0 Å². The summed E-state index contributed by atoms with van der Waals surface area (Å²) in [6, 6.07) is 5.26. The highest BCUT2D eigenvalue weighted by atomic mass is 15.0. The normalized spacial score (nSPS) is 20.1. The van der Waals surface area contributed by atoms with Crippen molar-refractivity contribution in [3.8, 4) is 0 Å². The molecular weight excluding hydrogens is 220 g/mol. The van der Waals surface area contributed by atoms with Gasteiger partial charge >= 0.3 is 0 Å². The minimum Gasteiger partial charge on any atom is -0.315 e. The van der Waals surface area contributed by atoms with Gasteiger partial charge in [0.05, 0.1) is 0 Å². The van der Waals surface area contributed by atoms with Gasteiger partial charge in [0.15, 0.2) is 0 Å². The van der Waals surface area contributed by atoms with Crippen molar-refractivity contribution >= 4 is 0 Å². The number of rotatable bonds is 4. The largest absolute Gasteiger partial charge is 0.315 e. The first-order valence-corrected chi connectivity index (χ1v) is 7.17. The molecule has 2 N–H and O–H groups in total. The first kappa shape index (κ1) is 13.6. The Balaban J connectivity index is 1.86. The van der Waals surface area contributed by atoms with Gasteiger partial charge in [-0.05, 0) is 69.8 Å². The molecule has 0 aliphatic carbocycles. The molecule has 1 unspecified atom stereocenters. The lowest BCUT2D eigenvalue weighted by Gasteiger charge is -2.24. The van der Waals surface area contributed by atoms with Gasteiger partial charge in [0.2, 0.25) is 0 Å². The van der Waals surface area contributed by atoms with E-state index in [4.69, 9.17) is 0 Å². The molecule has 0 saturated carbocycles. The third-order valence-electron chi connectivity index (χ3n) is 3.95. The number of nitrogens with one attached hydrogen (secondary N) is 2. The number of hydrogen-bond donors (Lipinski definition) is 2. The molecule has 1 aliphatic heterocycles. The Morgan fingerprint density at radius 1 is 1.22 bits per heavy atom. The molecule has 0 amide bonds. The third kappa shape index (κ3) is 3.56. The fourth-order valence-corrected chi connectivity index (χ4v) is 3.03. The van der Waals surface area contributed by atoms with Crippen molar-refractivity contribution in [1.82, 2.24) is 10.6 Å². The third-order valence-corrected chi connectivity index (χ3v) is 3.95. The second-order valence-electron chi connectivity index (χ2n) is 5.62. The molecule has 1 fully saturated rings. The van der Waals surface area contributed by atoms with E-state index in [1.165, 1.54) is 41.6 Å². The summed E-state index contributed by atoms with van der Waals surface area (Å²) < 4.78 is 0. The molecule has 100 valence electrons. The van der Waals surface area contributed by atoms with Crippen LogP contribution in [0.25, 0.3) is 0 Å². The maximum Gasteiger partial charge on any atom is 0.0193 e. The minimum absolute atomic E-state index is 0.671. The molecule has 2 rings (SSSR count). The first-order valence-electron chi connectivity index (χ1n) is 7.17. The van der Waals surface area contributed by atoms with Crippen LogP contribution in [0.4, 0.5) is 0 Å². The molecule has 2 heteroatoms. The van der Waals surface area contributed by atoms with Crippen molar-refractivity contribution < 1.29 is 0 Å². The van der Waals surface area contributed by atoms with Crippen LogP contribution in [0.5, 0.6) is 0 Å². The van der Waals surface area contributed by atoms with Crippen molar-refractivity contribution in [2.45, 2.75) is 46.1 Å². The van der Waals surface area contributed by atoms with Crippen molar-refractivity contribution in [1.29, 1.82) is 0 Å². The highest BCUT2D eigenvalue weighted by molar-refractivity contribution is 5.37. The van der Waals surface area contributed by atoms with Gasteiger partial charge in [0, 0.05) is 12.6 Å². The van der Waals surface area contributed by atoms with Gasteiger partial charge in [-0.25, -0.2) is 0 Å². The molecule has 0 bridgehead atoms. The second-order valence-corrected chi connectivity index (χ2v) is 5.62. The smallest absolute Gasteiger partial charge is 0.0193 e. The van der Waals surface area contributed by atoms with Gasteiger partial charge in [-0.2, -0.15) is 0 Å². The first-order chi connectivity index (χ1) is 8.66. The summed E-state index contributed by atoms with van der Waals surface area (Å²) in [7, 11) is 0.